The lowest BCUT2D eigenvalue weighted by atomic mass is 10.0. The zero-order valence-electron chi connectivity index (χ0n) is 11.7. The van der Waals surface area contributed by atoms with E-state index in [9.17, 15) is 15.0 Å². The van der Waals surface area contributed by atoms with Gasteiger partial charge < -0.3 is 14.6 Å². The first-order valence-corrected chi connectivity index (χ1v) is 6.55. The first-order chi connectivity index (χ1) is 10.0. The van der Waals surface area contributed by atoms with Crippen molar-refractivity contribution >= 4 is 11.0 Å². The van der Waals surface area contributed by atoms with Crippen molar-refractivity contribution in [3.05, 3.63) is 57.7 Å². The summed E-state index contributed by atoms with van der Waals surface area (Å²) in [5.74, 6) is 0.100. The van der Waals surface area contributed by atoms with E-state index in [2.05, 4.69) is 0 Å². The minimum absolute atomic E-state index is 0.0995. The van der Waals surface area contributed by atoms with Crippen molar-refractivity contribution in [2.45, 2.75) is 13.8 Å². The number of phenolic OH excluding ortho intramolecular Hbond substituents is 2. The molecular weight excluding hydrogens is 268 g/mol. The first kappa shape index (κ1) is 13.2. The van der Waals surface area contributed by atoms with Crippen molar-refractivity contribution in [3.8, 4) is 22.8 Å². The number of fused-ring (bicyclic) bond motifs is 1. The summed E-state index contributed by atoms with van der Waals surface area (Å²) in [6, 6.07) is 10.6. The van der Waals surface area contributed by atoms with Gasteiger partial charge in [-0.25, -0.2) is 0 Å². The second-order valence-corrected chi connectivity index (χ2v) is 4.99. The molecule has 3 aromatic rings. The first-order valence-electron chi connectivity index (χ1n) is 6.55. The van der Waals surface area contributed by atoms with E-state index in [-0.39, 0.29) is 33.5 Å². The monoisotopic (exact) mass is 282 g/mol. The average Bonchev–Trinajstić information content (AvgIpc) is 2.49. The van der Waals surface area contributed by atoms with Crippen LogP contribution in [0.25, 0.3) is 22.3 Å². The minimum Gasteiger partial charge on any atom is -0.507 e. The molecule has 0 unspecified atom stereocenters. The molecule has 0 saturated carbocycles. The van der Waals surface area contributed by atoms with E-state index >= 15 is 0 Å². The Hall–Kier alpha value is -2.75. The van der Waals surface area contributed by atoms with Crippen molar-refractivity contribution in [2.24, 2.45) is 0 Å². The van der Waals surface area contributed by atoms with Crippen LogP contribution in [-0.4, -0.2) is 10.2 Å². The van der Waals surface area contributed by atoms with Crippen LogP contribution in [0.5, 0.6) is 11.5 Å². The van der Waals surface area contributed by atoms with Crippen molar-refractivity contribution < 1.29 is 14.6 Å². The molecule has 0 aliphatic heterocycles. The van der Waals surface area contributed by atoms with Crippen molar-refractivity contribution in [2.75, 3.05) is 0 Å². The van der Waals surface area contributed by atoms with Gasteiger partial charge in [0.2, 0.25) is 0 Å². The lowest BCUT2D eigenvalue weighted by molar-refractivity contribution is 0.445. The standard InChI is InChI=1S/C17H14O4/c1-9-12(18)8-13-14(15(9)19)16(20)10(2)17(21-13)11-6-4-3-5-7-11/h3-8,18-19H,1-2H3. The molecule has 2 aromatic carbocycles. The van der Waals surface area contributed by atoms with Gasteiger partial charge in [0.15, 0.2) is 5.43 Å². The number of phenols is 2. The molecular formula is C17H14O4. The summed E-state index contributed by atoms with van der Waals surface area (Å²) in [6.45, 7) is 3.21. The van der Waals surface area contributed by atoms with Gasteiger partial charge in [-0.3, -0.25) is 4.79 Å². The maximum Gasteiger partial charge on any atom is 0.199 e. The van der Waals surface area contributed by atoms with Crippen LogP contribution in [-0.2, 0) is 0 Å². The zero-order valence-corrected chi connectivity index (χ0v) is 11.7. The van der Waals surface area contributed by atoms with Gasteiger partial charge in [0.1, 0.15) is 28.2 Å². The molecule has 3 rings (SSSR count). The smallest absolute Gasteiger partial charge is 0.199 e. The van der Waals surface area contributed by atoms with Crippen molar-refractivity contribution in [3.63, 3.8) is 0 Å². The van der Waals surface area contributed by atoms with Gasteiger partial charge in [-0.05, 0) is 13.8 Å². The van der Waals surface area contributed by atoms with Gasteiger partial charge in [-0.1, -0.05) is 30.3 Å². The Bertz CT molecular complexity index is 892. The van der Waals surface area contributed by atoms with Crippen LogP contribution in [0, 0.1) is 13.8 Å². The molecule has 0 fully saturated rings. The van der Waals surface area contributed by atoms with Crippen LogP contribution in [0.15, 0.2) is 45.6 Å². The summed E-state index contributed by atoms with van der Waals surface area (Å²) < 4.78 is 5.76. The van der Waals surface area contributed by atoms with Gasteiger partial charge in [0, 0.05) is 22.8 Å². The SMILES string of the molecule is Cc1c(O)cc2oc(-c3ccccc3)c(C)c(=O)c2c1O. The van der Waals surface area contributed by atoms with E-state index in [1.165, 1.54) is 6.07 Å². The highest BCUT2D eigenvalue weighted by molar-refractivity contribution is 5.88. The lowest BCUT2D eigenvalue weighted by Gasteiger charge is -2.10. The molecule has 0 amide bonds. The fourth-order valence-electron chi connectivity index (χ4n) is 2.37. The van der Waals surface area contributed by atoms with Crippen LogP contribution in [0.4, 0.5) is 0 Å². The van der Waals surface area contributed by atoms with E-state index in [1.807, 2.05) is 30.3 Å². The van der Waals surface area contributed by atoms with Gasteiger partial charge in [0.05, 0.1) is 0 Å². The molecule has 0 radical (unpaired) electrons. The maximum atomic E-state index is 12.5. The predicted octanol–water partition coefficient (Wildman–Crippen LogP) is 3.49. The third kappa shape index (κ3) is 1.96. The average molecular weight is 282 g/mol. The number of aromatic hydroxyl groups is 2. The van der Waals surface area contributed by atoms with Crippen molar-refractivity contribution in [1.29, 1.82) is 0 Å². The van der Waals surface area contributed by atoms with Gasteiger partial charge in [-0.2, -0.15) is 0 Å². The van der Waals surface area contributed by atoms with Crippen LogP contribution in [0.3, 0.4) is 0 Å². The summed E-state index contributed by atoms with van der Waals surface area (Å²) in [5.41, 5.74) is 1.34. The predicted molar refractivity (Wildman–Crippen MR) is 80.7 cm³/mol. The number of benzene rings is 2. The maximum absolute atomic E-state index is 12.5. The van der Waals surface area contributed by atoms with Gasteiger partial charge >= 0.3 is 0 Å². The normalized spacial score (nSPS) is 11.0. The lowest BCUT2D eigenvalue weighted by Crippen LogP contribution is -2.08. The van der Waals surface area contributed by atoms with Crippen LogP contribution in [0.1, 0.15) is 11.1 Å². The molecule has 0 atom stereocenters. The van der Waals surface area contributed by atoms with Crippen LogP contribution in [0.2, 0.25) is 0 Å². The highest BCUT2D eigenvalue weighted by Gasteiger charge is 2.18. The fraction of sp³-hybridized carbons (Fsp3) is 0.118. The molecule has 4 heteroatoms. The molecule has 1 aromatic heterocycles. The summed E-state index contributed by atoms with van der Waals surface area (Å²) in [4.78, 5) is 12.5. The van der Waals surface area contributed by atoms with Gasteiger partial charge in [0.25, 0.3) is 0 Å². The Morgan fingerprint density at radius 2 is 1.67 bits per heavy atom. The molecule has 0 bridgehead atoms. The number of rotatable bonds is 1. The van der Waals surface area contributed by atoms with E-state index < -0.39 is 0 Å². The molecule has 0 aliphatic carbocycles. The highest BCUT2D eigenvalue weighted by Crippen LogP contribution is 2.35. The Morgan fingerprint density at radius 3 is 2.33 bits per heavy atom. The number of hydrogen-bond donors (Lipinski definition) is 2. The molecule has 106 valence electrons. The van der Waals surface area contributed by atoms with Crippen LogP contribution >= 0.6 is 0 Å². The molecule has 2 N–H and O–H groups in total. The minimum atomic E-state index is -0.296. The highest BCUT2D eigenvalue weighted by atomic mass is 16.3. The largest absolute Gasteiger partial charge is 0.507 e. The van der Waals surface area contributed by atoms with Crippen LogP contribution < -0.4 is 5.43 Å². The molecule has 0 saturated heterocycles. The van der Waals surface area contributed by atoms with E-state index in [0.29, 0.717) is 11.3 Å². The third-order valence-corrected chi connectivity index (χ3v) is 3.65. The second-order valence-electron chi connectivity index (χ2n) is 4.99. The number of hydrogen-bond acceptors (Lipinski definition) is 4. The second kappa shape index (κ2) is 4.66. The van der Waals surface area contributed by atoms with Gasteiger partial charge in [-0.15, -0.1) is 0 Å². The third-order valence-electron chi connectivity index (χ3n) is 3.65. The molecule has 0 aliphatic rings. The summed E-state index contributed by atoms with van der Waals surface area (Å²) >= 11 is 0. The Labute approximate surface area is 120 Å². The molecule has 1 heterocycles. The topological polar surface area (TPSA) is 70.7 Å². The molecule has 21 heavy (non-hydrogen) atoms. The van der Waals surface area contributed by atoms with E-state index in [0.717, 1.165) is 5.56 Å². The summed E-state index contributed by atoms with van der Waals surface area (Å²) in [5, 5.41) is 20.0. The Balaban J connectivity index is 2.44. The summed E-state index contributed by atoms with van der Waals surface area (Å²) in [7, 11) is 0. The van der Waals surface area contributed by atoms with E-state index in [1.54, 1.807) is 13.8 Å². The van der Waals surface area contributed by atoms with Crippen molar-refractivity contribution in [1.82, 2.24) is 0 Å². The van der Waals surface area contributed by atoms with E-state index in [4.69, 9.17) is 4.42 Å². The Kier molecular flexibility index (Phi) is 2.94. The quantitative estimate of drug-likeness (QED) is 0.716. The Morgan fingerprint density at radius 1 is 1.00 bits per heavy atom. The molecule has 0 spiro atoms. The fourth-order valence-corrected chi connectivity index (χ4v) is 2.37. The summed E-state index contributed by atoms with van der Waals surface area (Å²) in [6.07, 6.45) is 0. The molecule has 4 nitrogen and oxygen atoms in total. The zero-order chi connectivity index (χ0) is 15.1.